The summed E-state index contributed by atoms with van der Waals surface area (Å²) in [7, 11) is 0. The monoisotopic (exact) mass is 212 g/mol. The van der Waals surface area contributed by atoms with Crippen molar-refractivity contribution in [2.24, 2.45) is 5.92 Å². The van der Waals surface area contributed by atoms with Crippen molar-refractivity contribution in [1.29, 1.82) is 0 Å². The van der Waals surface area contributed by atoms with Crippen molar-refractivity contribution in [3.63, 3.8) is 0 Å². The lowest BCUT2D eigenvalue weighted by Gasteiger charge is -2.28. The normalized spacial score (nSPS) is 33.5. The largest absolute Gasteiger partial charge is 0.394 e. The van der Waals surface area contributed by atoms with Crippen LogP contribution in [0.5, 0.6) is 0 Å². The zero-order chi connectivity index (χ0) is 10.9. The van der Waals surface area contributed by atoms with Crippen LogP contribution in [0.15, 0.2) is 0 Å². The number of rotatable bonds is 3. The summed E-state index contributed by atoms with van der Waals surface area (Å²) in [6.45, 7) is 3.17. The molecule has 1 heterocycles. The molecule has 1 aliphatic heterocycles. The van der Waals surface area contributed by atoms with Crippen LogP contribution in [-0.2, 0) is 4.79 Å². The molecule has 3 N–H and O–H groups in total. The van der Waals surface area contributed by atoms with E-state index in [1.807, 2.05) is 0 Å². The van der Waals surface area contributed by atoms with Gasteiger partial charge in [-0.15, -0.1) is 0 Å². The van der Waals surface area contributed by atoms with Crippen LogP contribution in [0.2, 0.25) is 0 Å². The number of amides is 1. The number of aliphatic hydroxyl groups excluding tert-OH is 1. The van der Waals surface area contributed by atoms with E-state index in [-0.39, 0.29) is 24.1 Å². The highest BCUT2D eigenvalue weighted by molar-refractivity contribution is 5.83. The summed E-state index contributed by atoms with van der Waals surface area (Å²) in [6, 6.07) is -0.0576. The van der Waals surface area contributed by atoms with Crippen LogP contribution in [0.1, 0.15) is 32.6 Å². The summed E-state index contributed by atoms with van der Waals surface area (Å²) in [5.74, 6) is 0.680. The molecule has 1 saturated carbocycles. The Morgan fingerprint density at radius 1 is 1.60 bits per heavy atom. The Balaban J connectivity index is 1.85. The average molecular weight is 212 g/mol. The van der Waals surface area contributed by atoms with Gasteiger partial charge in [0.2, 0.25) is 5.91 Å². The summed E-state index contributed by atoms with van der Waals surface area (Å²) in [6.07, 6.45) is 3.89. The minimum absolute atomic E-state index is 0.0576. The van der Waals surface area contributed by atoms with E-state index in [1.165, 1.54) is 0 Å². The minimum Gasteiger partial charge on any atom is -0.394 e. The number of aliphatic hydroxyl groups is 1. The van der Waals surface area contributed by atoms with E-state index in [4.69, 9.17) is 5.11 Å². The van der Waals surface area contributed by atoms with Crippen molar-refractivity contribution >= 4 is 5.91 Å². The van der Waals surface area contributed by atoms with Gasteiger partial charge in [-0.1, -0.05) is 6.92 Å². The quantitative estimate of drug-likeness (QED) is 0.618. The van der Waals surface area contributed by atoms with Gasteiger partial charge in [-0.25, -0.2) is 0 Å². The number of hydrogen-bond acceptors (Lipinski definition) is 3. The molecule has 1 aliphatic carbocycles. The molecule has 2 rings (SSSR count). The Hall–Kier alpha value is -0.610. The fourth-order valence-electron chi connectivity index (χ4n) is 2.13. The number of nitrogens with one attached hydrogen (secondary N) is 2. The van der Waals surface area contributed by atoms with Gasteiger partial charge in [0, 0.05) is 0 Å². The van der Waals surface area contributed by atoms with Crippen LogP contribution in [0, 0.1) is 5.92 Å². The second-order valence-electron chi connectivity index (χ2n) is 5.06. The Bertz CT molecular complexity index is 251. The third-order valence-electron chi connectivity index (χ3n) is 3.53. The first-order valence-corrected chi connectivity index (χ1v) is 5.81. The molecule has 4 heteroatoms. The molecule has 0 aromatic carbocycles. The average Bonchev–Trinajstić information content (AvgIpc) is 2.98. The molecular formula is C11H20N2O2. The first kappa shape index (κ1) is 10.9. The lowest BCUT2D eigenvalue weighted by Crippen LogP contribution is -2.52. The van der Waals surface area contributed by atoms with Crippen LogP contribution in [-0.4, -0.2) is 35.7 Å². The fourth-order valence-corrected chi connectivity index (χ4v) is 2.13. The Morgan fingerprint density at radius 2 is 2.33 bits per heavy atom. The van der Waals surface area contributed by atoms with Gasteiger partial charge in [0.25, 0.3) is 0 Å². The van der Waals surface area contributed by atoms with Gasteiger partial charge in [-0.2, -0.15) is 0 Å². The topological polar surface area (TPSA) is 61.4 Å². The lowest BCUT2D eigenvalue weighted by molar-refractivity contribution is -0.125. The number of piperidine rings is 1. The van der Waals surface area contributed by atoms with E-state index in [0.717, 1.165) is 32.2 Å². The SMILES string of the molecule is CC1CCNC(C(=O)NC2(CO)CC2)C1. The molecule has 1 saturated heterocycles. The van der Waals surface area contributed by atoms with Crippen molar-refractivity contribution in [2.75, 3.05) is 13.2 Å². The van der Waals surface area contributed by atoms with E-state index in [0.29, 0.717) is 5.92 Å². The maximum Gasteiger partial charge on any atom is 0.237 e. The zero-order valence-corrected chi connectivity index (χ0v) is 9.25. The number of carbonyl (C=O) groups excluding carboxylic acids is 1. The summed E-state index contributed by atoms with van der Waals surface area (Å²) in [4.78, 5) is 11.9. The zero-order valence-electron chi connectivity index (χ0n) is 9.25. The Morgan fingerprint density at radius 3 is 2.87 bits per heavy atom. The van der Waals surface area contributed by atoms with Crippen molar-refractivity contribution in [1.82, 2.24) is 10.6 Å². The minimum atomic E-state index is -0.278. The highest BCUT2D eigenvalue weighted by Crippen LogP contribution is 2.34. The predicted molar refractivity (Wildman–Crippen MR) is 57.4 cm³/mol. The summed E-state index contributed by atoms with van der Waals surface area (Å²) in [5.41, 5.74) is -0.278. The van der Waals surface area contributed by atoms with Crippen molar-refractivity contribution < 1.29 is 9.90 Å². The van der Waals surface area contributed by atoms with Crippen LogP contribution < -0.4 is 10.6 Å². The van der Waals surface area contributed by atoms with Gasteiger partial charge >= 0.3 is 0 Å². The van der Waals surface area contributed by atoms with Gasteiger partial charge in [0.15, 0.2) is 0 Å². The van der Waals surface area contributed by atoms with E-state index in [2.05, 4.69) is 17.6 Å². The third-order valence-corrected chi connectivity index (χ3v) is 3.53. The van der Waals surface area contributed by atoms with Gasteiger partial charge in [-0.05, 0) is 38.1 Å². The molecule has 0 radical (unpaired) electrons. The molecule has 2 unspecified atom stereocenters. The van der Waals surface area contributed by atoms with Crippen LogP contribution >= 0.6 is 0 Å². The molecule has 0 bridgehead atoms. The summed E-state index contributed by atoms with van der Waals surface area (Å²) < 4.78 is 0. The maximum atomic E-state index is 11.9. The van der Waals surface area contributed by atoms with Crippen LogP contribution in [0.4, 0.5) is 0 Å². The molecular weight excluding hydrogens is 192 g/mol. The molecule has 2 atom stereocenters. The van der Waals surface area contributed by atoms with Crippen molar-refractivity contribution in [3.8, 4) is 0 Å². The Labute approximate surface area is 90.4 Å². The lowest BCUT2D eigenvalue weighted by atomic mass is 9.94. The van der Waals surface area contributed by atoms with Gasteiger partial charge in [0.1, 0.15) is 0 Å². The molecule has 0 aromatic rings. The second kappa shape index (κ2) is 4.10. The van der Waals surface area contributed by atoms with Crippen molar-refractivity contribution in [3.05, 3.63) is 0 Å². The molecule has 15 heavy (non-hydrogen) atoms. The molecule has 4 nitrogen and oxygen atoms in total. The number of carbonyl (C=O) groups is 1. The number of hydrogen-bond donors (Lipinski definition) is 3. The van der Waals surface area contributed by atoms with Crippen molar-refractivity contribution in [2.45, 2.75) is 44.2 Å². The molecule has 1 amide bonds. The molecule has 2 fully saturated rings. The smallest absolute Gasteiger partial charge is 0.237 e. The van der Waals surface area contributed by atoms with E-state index in [1.54, 1.807) is 0 Å². The highest BCUT2D eigenvalue weighted by Gasteiger charge is 2.44. The van der Waals surface area contributed by atoms with Gasteiger partial charge in [0.05, 0.1) is 18.2 Å². The molecule has 0 aromatic heterocycles. The summed E-state index contributed by atoms with van der Waals surface area (Å²) in [5, 5.41) is 15.3. The maximum absolute atomic E-state index is 11.9. The first-order chi connectivity index (χ1) is 7.15. The van der Waals surface area contributed by atoms with E-state index < -0.39 is 0 Å². The highest BCUT2D eigenvalue weighted by atomic mass is 16.3. The van der Waals surface area contributed by atoms with Crippen LogP contribution in [0.25, 0.3) is 0 Å². The first-order valence-electron chi connectivity index (χ1n) is 5.81. The van der Waals surface area contributed by atoms with Gasteiger partial charge in [-0.3, -0.25) is 4.79 Å². The standard InChI is InChI=1S/C11H20N2O2/c1-8-2-5-12-9(6-8)10(15)13-11(7-14)3-4-11/h8-9,12,14H,2-7H2,1H3,(H,13,15). The molecule has 2 aliphatic rings. The predicted octanol–water partition coefficient (Wildman–Crippen LogP) is 0.0156. The van der Waals surface area contributed by atoms with Gasteiger partial charge < -0.3 is 15.7 Å². The van der Waals surface area contributed by atoms with E-state index >= 15 is 0 Å². The molecule has 86 valence electrons. The van der Waals surface area contributed by atoms with Crippen LogP contribution in [0.3, 0.4) is 0 Å². The fraction of sp³-hybridized carbons (Fsp3) is 0.909. The Kier molecular flexibility index (Phi) is 2.98. The second-order valence-corrected chi connectivity index (χ2v) is 5.06. The third kappa shape index (κ3) is 2.49. The van der Waals surface area contributed by atoms with E-state index in [9.17, 15) is 4.79 Å². The summed E-state index contributed by atoms with van der Waals surface area (Å²) >= 11 is 0. The molecule has 0 spiro atoms.